The maximum absolute atomic E-state index is 12.4. The van der Waals surface area contributed by atoms with Gasteiger partial charge in [-0.1, -0.05) is 38.1 Å². The van der Waals surface area contributed by atoms with Gasteiger partial charge >= 0.3 is 5.97 Å². The van der Waals surface area contributed by atoms with Crippen molar-refractivity contribution in [1.29, 1.82) is 0 Å². The molecule has 0 spiro atoms. The van der Waals surface area contributed by atoms with E-state index < -0.39 is 11.9 Å². The lowest BCUT2D eigenvalue weighted by Gasteiger charge is -2.24. The van der Waals surface area contributed by atoms with E-state index in [1.807, 2.05) is 0 Å². The zero-order chi connectivity index (χ0) is 16.1. The Hall–Kier alpha value is -1.84. The molecule has 1 amide bonds. The van der Waals surface area contributed by atoms with Crippen molar-refractivity contribution in [3.8, 4) is 0 Å². The van der Waals surface area contributed by atoms with Crippen molar-refractivity contribution in [3.05, 3.63) is 35.4 Å². The van der Waals surface area contributed by atoms with Crippen LogP contribution in [0.2, 0.25) is 0 Å². The van der Waals surface area contributed by atoms with Crippen LogP contribution in [0.3, 0.4) is 0 Å². The van der Waals surface area contributed by atoms with Crippen LogP contribution >= 0.6 is 0 Å². The zero-order valence-corrected chi connectivity index (χ0v) is 13.4. The summed E-state index contributed by atoms with van der Waals surface area (Å²) in [5.41, 5.74) is 2.46. The minimum Gasteiger partial charge on any atom is -0.481 e. The van der Waals surface area contributed by atoms with E-state index in [1.54, 1.807) is 11.8 Å². The first-order valence-corrected chi connectivity index (χ1v) is 8.11. The van der Waals surface area contributed by atoms with Crippen LogP contribution in [0, 0.1) is 5.92 Å². The summed E-state index contributed by atoms with van der Waals surface area (Å²) >= 11 is 0. The summed E-state index contributed by atoms with van der Waals surface area (Å²) in [6.45, 7) is 4.11. The molecular weight excluding hydrogens is 278 g/mol. The monoisotopic (exact) mass is 303 g/mol. The molecule has 4 nitrogen and oxygen atoms in total. The van der Waals surface area contributed by atoms with Gasteiger partial charge < -0.3 is 10.0 Å². The smallest absolute Gasteiger partial charge is 0.308 e. The molecule has 1 atom stereocenters. The summed E-state index contributed by atoms with van der Waals surface area (Å²) in [7, 11) is 0. The van der Waals surface area contributed by atoms with Crippen LogP contribution in [-0.4, -0.2) is 34.5 Å². The fraction of sp³-hybridized carbons (Fsp3) is 0.556. The van der Waals surface area contributed by atoms with Gasteiger partial charge in [0.15, 0.2) is 0 Å². The van der Waals surface area contributed by atoms with Gasteiger partial charge in [0.25, 0.3) is 0 Å². The molecule has 1 aromatic rings. The number of hydrogen-bond acceptors (Lipinski definition) is 2. The van der Waals surface area contributed by atoms with Crippen LogP contribution < -0.4 is 0 Å². The number of carbonyl (C=O) groups is 2. The number of carboxylic acids is 1. The second-order valence-electron chi connectivity index (χ2n) is 6.19. The van der Waals surface area contributed by atoms with Gasteiger partial charge in [-0.25, -0.2) is 0 Å². The number of amides is 1. The van der Waals surface area contributed by atoms with Crippen molar-refractivity contribution in [3.63, 3.8) is 0 Å². The number of aliphatic carboxylic acids is 1. The number of carbonyl (C=O) groups excluding carboxylic acids is 1. The minimum atomic E-state index is -0.839. The van der Waals surface area contributed by atoms with Crippen molar-refractivity contribution >= 4 is 11.9 Å². The van der Waals surface area contributed by atoms with Crippen LogP contribution in [0.25, 0.3) is 0 Å². The standard InChI is InChI=1S/C18H25NO3/c1-3-14-4-6-15(7-5-14)8-11-17(20)19(16-9-10-16)12-13(2)18(21)22/h4-7,13,16H,3,8-12H2,1-2H3,(H,21,22). The van der Waals surface area contributed by atoms with Crippen molar-refractivity contribution in [2.75, 3.05) is 6.54 Å². The number of aryl methyl sites for hydroxylation is 2. The number of rotatable bonds is 8. The first kappa shape index (κ1) is 16.5. The van der Waals surface area contributed by atoms with Gasteiger partial charge in [-0.3, -0.25) is 9.59 Å². The van der Waals surface area contributed by atoms with Crippen molar-refractivity contribution < 1.29 is 14.7 Å². The Bertz CT molecular complexity index is 520. The molecule has 120 valence electrons. The van der Waals surface area contributed by atoms with Gasteiger partial charge in [0.1, 0.15) is 0 Å². The van der Waals surface area contributed by atoms with Gasteiger partial charge in [-0.15, -0.1) is 0 Å². The molecule has 1 fully saturated rings. The highest BCUT2D eigenvalue weighted by Gasteiger charge is 2.34. The third kappa shape index (κ3) is 4.58. The number of nitrogens with zero attached hydrogens (tertiary/aromatic N) is 1. The molecule has 0 radical (unpaired) electrons. The highest BCUT2D eigenvalue weighted by Crippen LogP contribution is 2.28. The Morgan fingerprint density at radius 3 is 2.32 bits per heavy atom. The lowest BCUT2D eigenvalue weighted by Crippen LogP contribution is -2.38. The van der Waals surface area contributed by atoms with Gasteiger partial charge in [0, 0.05) is 19.0 Å². The molecule has 1 aliphatic rings. The zero-order valence-electron chi connectivity index (χ0n) is 13.4. The van der Waals surface area contributed by atoms with Crippen LogP contribution in [-0.2, 0) is 22.4 Å². The number of carboxylic acid groups (broad SMARTS) is 1. The fourth-order valence-corrected chi connectivity index (χ4v) is 2.55. The predicted molar refractivity (Wildman–Crippen MR) is 85.7 cm³/mol. The molecule has 1 aromatic carbocycles. The van der Waals surface area contributed by atoms with E-state index in [4.69, 9.17) is 5.11 Å². The molecule has 4 heteroatoms. The third-order valence-corrected chi connectivity index (χ3v) is 4.26. The summed E-state index contributed by atoms with van der Waals surface area (Å²) in [6, 6.07) is 8.62. The highest BCUT2D eigenvalue weighted by molar-refractivity contribution is 5.78. The molecule has 1 unspecified atom stereocenters. The maximum atomic E-state index is 12.4. The average molecular weight is 303 g/mol. The Morgan fingerprint density at radius 1 is 1.23 bits per heavy atom. The summed E-state index contributed by atoms with van der Waals surface area (Å²) in [4.78, 5) is 25.2. The maximum Gasteiger partial charge on any atom is 0.308 e. The average Bonchev–Trinajstić information content (AvgIpc) is 3.35. The quantitative estimate of drug-likeness (QED) is 0.803. The van der Waals surface area contributed by atoms with Gasteiger partial charge in [0.2, 0.25) is 5.91 Å². The highest BCUT2D eigenvalue weighted by atomic mass is 16.4. The van der Waals surface area contributed by atoms with Gasteiger partial charge in [-0.2, -0.15) is 0 Å². The van der Waals surface area contributed by atoms with Crippen LogP contribution in [0.1, 0.15) is 44.2 Å². The summed E-state index contributed by atoms with van der Waals surface area (Å²) in [5.74, 6) is -1.27. The molecule has 1 N–H and O–H groups in total. The third-order valence-electron chi connectivity index (χ3n) is 4.26. The molecule has 22 heavy (non-hydrogen) atoms. The fourth-order valence-electron chi connectivity index (χ4n) is 2.55. The van der Waals surface area contributed by atoms with E-state index in [-0.39, 0.29) is 11.9 Å². The van der Waals surface area contributed by atoms with E-state index in [0.29, 0.717) is 19.4 Å². The molecular formula is C18H25NO3. The van der Waals surface area contributed by atoms with E-state index >= 15 is 0 Å². The minimum absolute atomic E-state index is 0.0789. The van der Waals surface area contributed by atoms with E-state index in [1.165, 1.54) is 5.56 Å². The summed E-state index contributed by atoms with van der Waals surface area (Å²) < 4.78 is 0. The van der Waals surface area contributed by atoms with Crippen LogP contribution in [0.15, 0.2) is 24.3 Å². The molecule has 1 aliphatic carbocycles. The lowest BCUT2D eigenvalue weighted by molar-refractivity contribution is -0.143. The van der Waals surface area contributed by atoms with Crippen LogP contribution in [0.4, 0.5) is 0 Å². The first-order chi connectivity index (χ1) is 10.5. The summed E-state index contributed by atoms with van der Waals surface area (Å²) in [5, 5.41) is 9.03. The second-order valence-corrected chi connectivity index (χ2v) is 6.19. The van der Waals surface area contributed by atoms with E-state index in [9.17, 15) is 9.59 Å². The normalized spacial score (nSPS) is 15.4. The SMILES string of the molecule is CCc1ccc(CCC(=O)N(CC(C)C(=O)O)C2CC2)cc1. The van der Waals surface area contributed by atoms with Crippen LogP contribution in [0.5, 0.6) is 0 Å². The Morgan fingerprint density at radius 2 is 1.82 bits per heavy atom. The lowest BCUT2D eigenvalue weighted by atomic mass is 10.1. The molecule has 2 rings (SSSR count). The molecule has 1 saturated carbocycles. The van der Waals surface area contributed by atoms with Crippen molar-refractivity contribution in [1.82, 2.24) is 4.90 Å². The van der Waals surface area contributed by atoms with E-state index in [0.717, 1.165) is 24.8 Å². The van der Waals surface area contributed by atoms with E-state index in [2.05, 4.69) is 31.2 Å². The molecule has 0 saturated heterocycles. The Kier molecular flexibility index (Phi) is 5.58. The summed E-state index contributed by atoms with van der Waals surface area (Å²) in [6.07, 6.45) is 4.19. The second kappa shape index (κ2) is 7.43. The Labute approximate surface area is 132 Å². The topological polar surface area (TPSA) is 57.6 Å². The van der Waals surface area contributed by atoms with Gasteiger partial charge in [0.05, 0.1) is 5.92 Å². The number of benzene rings is 1. The van der Waals surface area contributed by atoms with Crippen molar-refractivity contribution in [2.45, 2.75) is 52.0 Å². The molecule has 0 heterocycles. The van der Waals surface area contributed by atoms with Crippen molar-refractivity contribution in [2.24, 2.45) is 5.92 Å². The molecule has 0 aromatic heterocycles. The largest absolute Gasteiger partial charge is 0.481 e. The number of hydrogen-bond donors (Lipinski definition) is 1. The Balaban J connectivity index is 1.89. The first-order valence-electron chi connectivity index (χ1n) is 8.11. The predicted octanol–water partition coefficient (Wildman–Crippen LogP) is 2.89. The molecule has 0 bridgehead atoms. The molecule has 0 aliphatic heterocycles. The van der Waals surface area contributed by atoms with Gasteiger partial charge in [-0.05, 0) is 36.8 Å².